The van der Waals surface area contributed by atoms with E-state index in [0.29, 0.717) is 12.5 Å². The Balaban J connectivity index is 1.92. The first-order chi connectivity index (χ1) is 11.5. The molecule has 1 heterocycles. The Morgan fingerprint density at radius 1 is 1.17 bits per heavy atom. The summed E-state index contributed by atoms with van der Waals surface area (Å²) >= 11 is 0. The summed E-state index contributed by atoms with van der Waals surface area (Å²) < 4.78 is 32.7. The Labute approximate surface area is 138 Å². The number of nitrogens with zero attached hydrogens (tertiary/aromatic N) is 1. The van der Waals surface area contributed by atoms with E-state index >= 15 is 0 Å². The zero-order valence-corrected chi connectivity index (χ0v) is 13.5. The van der Waals surface area contributed by atoms with Crippen LogP contribution in [0.5, 0.6) is 0 Å². The van der Waals surface area contributed by atoms with Gasteiger partial charge in [0, 0.05) is 37.0 Å². The maximum atomic E-state index is 13.8. The predicted octanol–water partition coefficient (Wildman–Crippen LogP) is 4.55. The second-order valence-electron chi connectivity index (χ2n) is 5.64. The van der Waals surface area contributed by atoms with Crippen LogP contribution in [-0.2, 0) is 13.0 Å². The maximum absolute atomic E-state index is 13.8. The molecule has 0 fully saturated rings. The van der Waals surface area contributed by atoms with Crippen molar-refractivity contribution in [1.29, 1.82) is 0 Å². The molecule has 0 saturated carbocycles. The van der Waals surface area contributed by atoms with E-state index in [9.17, 15) is 13.6 Å². The van der Waals surface area contributed by atoms with Gasteiger partial charge in [0.1, 0.15) is 23.0 Å². The standard InChI is InChI=1S/C19H17F2NO2/c1-3-17-15(13-6-4-5-7-18(13)24-17)11-22(2)19(23)14-9-8-12(20)10-16(14)21/h4-10H,3,11H2,1-2H3. The number of rotatable bonds is 4. The maximum Gasteiger partial charge on any atom is 0.256 e. The first kappa shape index (κ1) is 16.2. The third kappa shape index (κ3) is 2.89. The first-order valence-electron chi connectivity index (χ1n) is 7.71. The van der Waals surface area contributed by atoms with E-state index in [1.54, 1.807) is 7.05 Å². The van der Waals surface area contributed by atoms with Gasteiger partial charge in [-0.2, -0.15) is 0 Å². The minimum atomic E-state index is -0.861. The number of benzene rings is 2. The number of furan rings is 1. The van der Waals surface area contributed by atoms with Crippen molar-refractivity contribution in [2.24, 2.45) is 0 Å². The van der Waals surface area contributed by atoms with E-state index in [1.807, 2.05) is 31.2 Å². The Morgan fingerprint density at radius 3 is 2.62 bits per heavy atom. The second-order valence-corrected chi connectivity index (χ2v) is 5.64. The van der Waals surface area contributed by atoms with E-state index in [2.05, 4.69) is 0 Å². The first-order valence-corrected chi connectivity index (χ1v) is 7.71. The highest BCUT2D eigenvalue weighted by atomic mass is 19.1. The van der Waals surface area contributed by atoms with Gasteiger partial charge in [-0.1, -0.05) is 25.1 Å². The highest BCUT2D eigenvalue weighted by Gasteiger charge is 2.20. The molecule has 124 valence electrons. The third-order valence-corrected chi connectivity index (χ3v) is 4.01. The van der Waals surface area contributed by atoms with Gasteiger partial charge in [0.05, 0.1) is 5.56 Å². The van der Waals surface area contributed by atoms with Gasteiger partial charge in [-0.15, -0.1) is 0 Å². The molecule has 3 nitrogen and oxygen atoms in total. The molecule has 1 amide bonds. The summed E-state index contributed by atoms with van der Waals surface area (Å²) in [6.45, 7) is 2.26. The Kier molecular flexibility index (Phi) is 4.34. The van der Waals surface area contributed by atoms with Crippen LogP contribution in [0.15, 0.2) is 46.9 Å². The molecular weight excluding hydrogens is 312 g/mol. The van der Waals surface area contributed by atoms with Gasteiger partial charge in [0.2, 0.25) is 0 Å². The van der Waals surface area contributed by atoms with E-state index < -0.39 is 17.5 Å². The van der Waals surface area contributed by atoms with Crippen molar-refractivity contribution in [2.45, 2.75) is 19.9 Å². The highest BCUT2D eigenvalue weighted by molar-refractivity contribution is 5.94. The lowest BCUT2D eigenvalue weighted by Gasteiger charge is -2.18. The minimum absolute atomic E-state index is 0.148. The molecular formula is C19H17F2NO2. The van der Waals surface area contributed by atoms with Gasteiger partial charge in [0.15, 0.2) is 0 Å². The Morgan fingerprint density at radius 2 is 1.92 bits per heavy atom. The van der Waals surface area contributed by atoms with Gasteiger partial charge in [0.25, 0.3) is 5.91 Å². The summed E-state index contributed by atoms with van der Waals surface area (Å²) in [5.41, 5.74) is 1.52. The van der Waals surface area contributed by atoms with Crippen LogP contribution in [0.4, 0.5) is 8.78 Å². The van der Waals surface area contributed by atoms with Crippen molar-refractivity contribution < 1.29 is 18.0 Å². The van der Waals surface area contributed by atoms with Crippen molar-refractivity contribution in [2.75, 3.05) is 7.05 Å². The summed E-state index contributed by atoms with van der Waals surface area (Å²) in [6.07, 6.45) is 0.691. The van der Waals surface area contributed by atoms with Crippen LogP contribution in [0.25, 0.3) is 11.0 Å². The van der Waals surface area contributed by atoms with Gasteiger partial charge in [-0.25, -0.2) is 8.78 Å². The largest absolute Gasteiger partial charge is 0.461 e. The zero-order valence-electron chi connectivity index (χ0n) is 13.5. The van der Waals surface area contributed by atoms with Crippen molar-refractivity contribution in [1.82, 2.24) is 4.90 Å². The number of carbonyl (C=O) groups excluding carboxylic acids is 1. The normalized spacial score (nSPS) is 11.0. The number of hydrogen-bond acceptors (Lipinski definition) is 2. The average molecular weight is 329 g/mol. The van der Waals surface area contributed by atoms with Crippen LogP contribution >= 0.6 is 0 Å². The van der Waals surface area contributed by atoms with Crippen LogP contribution in [0.3, 0.4) is 0 Å². The van der Waals surface area contributed by atoms with E-state index in [4.69, 9.17) is 4.42 Å². The Bertz CT molecular complexity index is 902. The monoisotopic (exact) mass is 329 g/mol. The molecule has 2 aromatic carbocycles. The Hall–Kier alpha value is -2.69. The number of hydrogen-bond donors (Lipinski definition) is 0. The minimum Gasteiger partial charge on any atom is -0.461 e. The van der Waals surface area contributed by atoms with Gasteiger partial charge in [-0.3, -0.25) is 4.79 Å². The number of amides is 1. The molecule has 3 aromatic rings. The fourth-order valence-electron chi connectivity index (χ4n) is 2.79. The van der Waals surface area contributed by atoms with Crippen molar-refractivity contribution in [3.63, 3.8) is 0 Å². The van der Waals surface area contributed by atoms with Crippen molar-refractivity contribution in [3.05, 3.63) is 71.0 Å². The lowest BCUT2D eigenvalue weighted by atomic mass is 10.1. The van der Waals surface area contributed by atoms with Crippen molar-refractivity contribution >= 4 is 16.9 Å². The third-order valence-electron chi connectivity index (χ3n) is 4.01. The quantitative estimate of drug-likeness (QED) is 0.704. The molecule has 0 aliphatic heterocycles. The molecule has 0 bridgehead atoms. The number of carbonyl (C=O) groups is 1. The number of halogens is 2. The van der Waals surface area contributed by atoms with Crippen LogP contribution in [-0.4, -0.2) is 17.9 Å². The molecule has 0 spiro atoms. The van der Waals surface area contributed by atoms with Crippen LogP contribution in [0.1, 0.15) is 28.6 Å². The molecule has 1 aromatic heterocycles. The molecule has 0 saturated heterocycles. The average Bonchev–Trinajstić information content (AvgIpc) is 2.92. The smallest absolute Gasteiger partial charge is 0.256 e. The summed E-state index contributed by atoms with van der Waals surface area (Å²) in [5, 5.41) is 0.938. The lowest BCUT2D eigenvalue weighted by Crippen LogP contribution is -2.27. The van der Waals surface area contributed by atoms with Crippen LogP contribution < -0.4 is 0 Å². The van der Waals surface area contributed by atoms with E-state index in [-0.39, 0.29) is 12.1 Å². The molecule has 0 aliphatic carbocycles. The van der Waals surface area contributed by atoms with Crippen molar-refractivity contribution in [3.8, 4) is 0 Å². The molecule has 0 unspecified atom stereocenters. The summed E-state index contributed by atoms with van der Waals surface area (Å²) in [7, 11) is 1.59. The summed E-state index contributed by atoms with van der Waals surface area (Å²) in [6, 6.07) is 10.6. The van der Waals surface area contributed by atoms with Gasteiger partial charge < -0.3 is 9.32 Å². The topological polar surface area (TPSA) is 33.5 Å². The number of aryl methyl sites for hydroxylation is 1. The van der Waals surface area contributed by atoms with Gasteiger partial charge >= 0.3 is 0 Å². The summed E-state index contributed by atoms with van der Waals surface area (Å²) in [4.78, 5) is 13.9. The van der Waals surface area contributed by atoms with E-state index in [1.165, 1.54) is 4.90 Å². The number of fused-ring (bicyclic) bond motifs is 1. The molecule has 0 aliphatic rings. The second kappa shape index (κ2) is 6.43. The molecule has 0 atom stereocenters. The zero-order chi connectivity index (χ0) is 17.3. The van der Waals surface area contributed by atoms with Crippen LogP contribution in [0, 0.1) is 11.6 Å². The van der Waals surface area contributed by atoms with E-state index in [0.717, 1.165) is 34.4 Å². The fourth-order valence-corrected chi connectivity index (χ4v) is 2.79. The predicted molar refractivity (Wildman–Crippen MR) is 87.7 cm³/mol. The van der Waals surface area contributed by atoms with Gasteiger partial charge in [-0.05, 0) is 18.2 Å². The molecule has 3 rings (SSSR count). The summed E-state index contributed by atoms with van der Waals surface area (Å²) in [5.74, 6) is -1.27. The molecule has 0 N–H and O–H groups in total. The molecule has 24 heavy (non-hydrogen) atoms. The highest BCUT2D eigenvalue weighted by Crippen LogP contribution is 2.27. The molecule has 0 radical (unpaired) electrons. The fraction of sp³-hybridized carbons (Fsp3) is 0.211. The van der Waals surface area contributed by atoms with Crippen LogP contribution in [0.2, 0.25) is 0 Å². The number of para-hydroxylation sites is 1. The SMILES string of the molecule is CCc1oc2ccccc2c1CN(C)C(=O)c1ccc(F)cc1F. The molecule has 5 heteroatoms. The lowest BCUT2D eigenvalue weighted by molar-refractivity contribution is 0.0780.